The first-order valence-corrected chi connectivity index (χ1v) is 5.17. The molecule has 88 valence electrons. The van der Waals surface area contributed by atoms with Crippen LogP contribution in [0, 0.1) is 11.6 Å². The first kappa shape index (κ1) is 11.7. The van der Waals surface area contributed by atoms with Gasteiger partial charge in [-0.25, -0.2) is 8.78 Å². The van der Waals surface area contributed by atoms with Crippen molar-refractivity contribution in [1.82, 2.24) is 4.98 Å². The van der Waals surface area contributed by atoms with Gasteiger partial charge in [-0.05, 0) is 19.1 Å². The number of hydrogen-bond acceptors (Lipinski definition) is 2. The summed E-state index contributed by atoms with van der Waals surface area (Å²) in [5, 5.41) is 0. The second-order valence-corrected chi connectivity index (χ2v) is 4.04. The summed E-state index contributed by atoms with van der Waals surface area (Å²) in [6, 6.07) is 7.55. The Kier molecular flexibility index (Phi) is 2.90. The average Bonchev–Trinajstić information content (AvgIpc) is 2.29. The second kappa shape index (κ2) is 4.22. The molecular weight excluding hydrogens is 222 g/mol. The molecule has 1 aromatic heterocycles. The normalized spacial score (nSPS) is 14.4. The number of rotatable bonds is 2. The van der Waals surface area contributed by atoms with E-state index in [1.807, 2.05) is 0 Å². The summed E-state index contributed by atoms with van der Waals surface area (Å²) in [7, 11) is 0. The van der Waals surface area contributed by atoms with Crippen LogP contribution in [0.2, 0.25) is 0 Å². The van der Waals surface area contributed by atoms with Crippen molar-refractivity contribution in [2.24, 2.45) is 5.73 Å². The lowest BCUT2D eigenvalue weighted by Gasteiger charge is -2.26. The van der Waals surface area contributed by atoms with E-state index in [1.165, 1.54) is 18.3 Å². The third-order valence-electron chi connectivity index (χ3n) is 2.77. The third kappa shape index (κ3) is 2.03. The Morgan fingerprint density at radius 1 is 1.06 bits per heavy atom. The number of halogens is 2. The summed E-state index contributed by atoms with van der Waals surface area (Å²) in [5.74, 6) is -0.991. The van der Waals surface area contributed by atoms with Crippen LogP contribution in [-0.4, -0.2) is 4.98 Å². The van der Waals surface area contributed by atoms with Gasteiger partial charge in [0, 0.05) is 17.3 Å². The number of aromatic nitrogens is 1. The van der Waals surface area contributed by atoms with E-state index < -0.39 is 17.2 Å². The fraction of sp³-hybridized carbons (Fsp3) is 0.154. The summed E-state index contributed by atoms with van der Waals surface area (Å²) >= 11 is 0. The highest BCUT2D eigenvalue weighted by molar-refractivity contribution is 5.37. The van der Waals surface area contributed by atoms with Gasteiger partial charge in [-0.1, -0.05) is 18.2 Å². The topological polar surface area (TPSA) is 38.9 Å². The van der Waals surface area contributed by atoms with Crippen molar-refractivity contribution in [3.8, 4) is 0 Å². The maximum Gasteiger partial charge on any atom is 0.146 e. The molecule has 0 bridgehead atoms. The van der Waals surface area contributed by atoms with Crippen LogP contribution in [0.25, 0.3) is 0 Å². The molecule has 2 aromatic rings. The molecule has 1 heterocycles. The van der Waals surface area contributed by atoms with Gasteiger partial charge < -0.3 is 5.73 Å². The van der Waals surface area contributed by atoms with E-state index in [2.05, 4.69) is 4.98 Å². The SMILES string of the molecule is CC(N)(c1ccccc1F)c1ccncc1F. The van der Waals surface area contributed by atoms with Crippen molar-refractivity contribution < 1.29 is 8.78 Å². The highest BCUT2D eigenvalue weighted by Gasteiger charge is 2.29. The lowest BCUT2D eigenvalue weighted by atomic mass is 9.85. The molecule has 2 nitrogen and oxygen atoms in total. The zero-order chi connectivity index (χ0) is 12.5. The van der Waals surface area contributed by atoms with Crippen LogP contribution in [0.4, 0.5) is 8.78 Å². The monoisotopic (exact) mass is 234 g/mol. The standard InChI is InChI=1S/C13H12F2N2/c1-13(16,9-4-2-3-5-11(9)14)10-6-7-17-8-12(10)15/h2-8H,16H2,1H3. The van der Waals surface area contributed by atoms with Crippen LogP contribution in [0.3, 0.4) is 0 Å². The summed E-state index contributed by atoms with van der Waals surface area (Å²) in [4.78, 5) is 3.65. The molecule has 0 radical (unpaired) electrons. The van der Waals surface area contributed by atoms with E-state index in [0.29, 0.717) is 0 Å². The van der Waals surface area contributed by atoms with Crippen LogP contribution in [0.15, 0.2) is 42.7 Å². The molecule has 0 amide bonds. The molecule has 1 atom stereocenters. The molecular formula is C13H12F2N2. The Hall–Kier alpha value is -1.81. The van der Waals surface area contributed by atoms with Gasteiger partial charge in [0.2, 0.25) is 0 Å². The maximum atomic E-state index is 13.7. The maximum absolute atomic E-state index is 13.7. The van der Waals surface area contributed by atoms with Crippen LogP contribution >= 0.6 is 0 Å². The van der Waals surface area contributed by atoms with Gasteiger partial charge in [-0.2, -0.15) is 0 Å². The van der Waals surface area contributed by atoms with Gasteiger partial charge in [-0.15, -0.1) is 0 Å². The Labute approximate surface area is 98.1 Å². The van der Waals surface area contributed by atoms with Gasteiger partial charge in [0.05, 0.1) is 11.7 Å². The van der Waals surface area contributed by atoms with Crippen LogP contribution in [-0.2, 0) is 5.54 Å². The number of hydrogen-bond donors (Lipinski definition) is 1. The Balaban J connectivity index is 2.58. The molecule has 1 aromatic carbocycles. The molecule has 0 aliphatic heterocycles. The van der Waals surface area contributed by atoms with Crippen LogP contribution < -0.4 is 5.73 Å². The highest BCUT2D eigenvalue weighted by Crippen LogP contribution is 2.29. The fourth-order valence-electron chi connectivity index (χ4n) is 1.82. The number of benzene rings is 1. The van der Waals surface area contributed by atoms with Gasteiger partial charge in [0.15, 0.2) is 0 Å². The summed E-state index contributed by atoms with van der Waals surface area (Å²) < 4.78 is 27.3. The molecule has 17 heavy (non-hydrogen) atoms. The average molecular weight is 234 g/mol. The van der Waals surface area contributed by atoms with Crippen molar-refractivity contribution in [1.29, 1.82) is 0 Å². The predicted molar refractivity (Wildman–Crippen MR) is 61.2 cm³/mol. The molecule has 0 aliphatic rings. The van der Waals surface area contributed by atoms with E-state index in [1.54, 1.807) is 25.1 Å². The van der Waals surface area contributed by atoms with Crippen LogP contribution in [0.1, 0.15) is 18.1 Å². The van der Waals surface area contributed by atoms with Crippen molar-refractivity contribution in [3.05, 3.63) is 65.5 Å². The Morgan fingerprint density at radius 2 is 1.71 bits per heavy atom. The van der Waals surface area contributed by atoms with Gasteiger partial charge in [0.25, 0.3) is 0 Å². The highest BCUT2D eigenvalue weighted by atomic mass is 19.1. The minimum absolute atomic E-state index is 0.220. The molecule has 0 aliphatic carbocycles. The fourth-order valence-corrected chi connectivity index (χ4v) is 1.82. The van der Waals surface area contributed by atoms with Crippen molar-refractivity contribution >= 4 is 0 Å². The molecule has 0 saturated heterocycles. The van der Waals surface area contributed by atoms with Gasteiger partial charge in [-0.3, -0.25) is 4.98 Å². The Morgan fingerprint density at radius 3 is 2.35 bits per heavy atom. The first-order chi connectivity index (χ1) is 8.03. The minimum Gasteiger partial charge on any atom is -0.318 e. The van der Waals surface area contributed by atoms with E-state index in [9.17, 15) is 8.78 Å². The summed E-state index contributed by atoms with van der Waals surface area (Å²) in [5.41, 5.74) is 5.30. The van der Waals surface area contributed by atoms with Crippen LogP contribution in [0.5, 0.6) is 0 Å². The lowest BCUT2D eigenvalue weighted by molar-refractivity contribution is 0.496. The largest absolute Gasteiger partial charge is 0.318 e. The third-order valence-corrected chi connectivity index (χ3v) is 2.77. The van der Waals surface area contributed by atoms with Crippen molar-refractivity contribution in [2.75, 3.05) is 0 Å². The molecule has 0 fully saturated rings. The molecule has 4 heteroatoms. The van der Waals surface area contributed by atoms with Gasteiger partial charge in [0.1, 0.15) is 11.6 Å². The second-order valence-electron chi connectivity index (χ2n) is 4.04. The molecule has 1 unspecified atom stereocenters. The van der Waals surface area contributed by atoms with E-state index in [-0.39, 0.29) is 11.1 Å². The van der Waals surface area contributed by atoms with Crippen molar-refractivity contribution in [3.63, 3.8) is 0 Å². The number of nitrogens with zero attached hydrogens (tertiary/aromatic N) is 1. The molecule has 0 spiro atoms. The molecule has 0 saturated carbocycles. The number of pyridine rings is 1. The molecule has 2 N–H and O–H groups in total. The van der Waals surface area contributed by atoms with E-state index in [0.717, 1.165) is 6.20 Å². The lowest BCUT2D eigenvalue weighted by Crippen LogP contribution is -2.36. The smallest absolute Gasteiger partial charge is 0.146 e. The van der Waals surface area contributed by atoms with Crippen molar-refractivity contribution in [2.45, 2.75) is 12.5 Å². The summed E-state index contributed by atoms with van der Waals surface area (Å²) in [6.07, 6.45) is 2.51. The molecule has 2 rings (SSSR count). The van der Waals surface area contributed by atoms with E-state index >= 15 is 0 Å². The summed E-state index contributed by atoms with van der Waals surface area (Å²) in [6.45, 7) is 1.57. The number of nitrogens with two attached hydrogens (primary N) is 1. The zero-order valence-electron chi connectivity index (χ0n) is 9.32. The minimum atomic E-state index is -1.22. The van der Waals surface area contributed by atoms with E-state index in [4.69, 9.17) is 5.73 Å². The Bertz CT molecular complexity index is 491. The zero-order valence-corrected chi connectivity index (χ0v) is 9.32. The quantitative estimate of drug-likeness (QED) is 0.867. The van der Waals surface area contributed by atoms with Gasteiger partial charge >= 0.3 is 0 Å². The predicted octanol–water partition coefficient (Wildman–Crippen LogP) is 2.58. The first-order valence-electron chi connectivity index (χ1n) is 5.17.